The van der Waals surface area contributed by atoms with E-state index in [4.69, 9.17) is 9.90 Å². The van der Waals surface area contributed by atoms with Crippen LogP contribution < -0.4 is 0 Å². The highest BCUT2D eigenvalue weighted by molar-refractivity contribution is 5.62. The molecule has 0 bridgehead atoms. The predicted molar refractivity (Wildman–Crippen MR) is 54.2 cm³/mol. The number of hydrogen-bond acceptors (Lipinski definition) is 2. The molecule has 1 aromatic rings. The number of nitrogens with zero attached hydrogens (tertiary/aromatic N) is 1. The van der Waals surface area contributed by atoms with Gasteiger partial charge in [-0.25, -0.2) is 0 Å². The van der Waals surface area contributed by atoms with Crippen LogP contribution >= 0.6 is 0 Å². The van der Waals surface area contributed by atoms with E-state index in [0.29, 0.717) is 0 Å². The Morgan fingerprint density at radius 3 is 2.71 bits per heavy atom. The number of carbonyl (C=O) groups is 1. The van der Waals surface area contributed by atoms with Gasteiger partial charge in [-0.1, -0.05) is 6.07 Å². The number of aryl methyl sites for hydroxylation is 2. The van der Waals surface area contributed by atoms with Gasteiger partial charge >= 0.3 is 0 Å². The molecule has 0 fully saturated rings. The maximum atomic E-state index is 9.00. The van der Waals surface area contributed by atoms with Gasteiger partial charge in [-0.3, -0.25) is 9.78 Å². The molecule has 3 heteroatoms. The van der Waals surface area contributed by atoms with Crippen molar-refractivity contribution < 1.29 is 9.90 Å². The van der Waals surface area contributed by atoms with Gasteiger partial charge < -0.3 is 5.11 Å². The molecule has 0 saturated heterocycles. The van der Waals surface area contributed by atoms with Crippen LogP contribution in [-0.2, 0) is 17.6 Å². The van der Waals surface area contributed by atoms with Crippen molar-refractivity contribution >= 4 is 5.97 Å². The van der Waals surface area contributed by atoms with Crippen LogP contribution in [0.2, 0.25) is 0 Å². The van der Waals surface area contributed by atoms with Crippen LogP contribution in [0.4, 0.5) is 0 Å². The second kappa shape index (κ2) is 5.37. The molecule has 76 valence electrons. The number of pyridine rings is 1. The molecule has 1 N–H and O–H groups in total. The molecule has 1 aliphatic rings. The first-order chi connectivity index (χ1) is 6.70. The fourth-order valence-electron chi connectivity index (χ4n) is 1.53. The van der Waals surface area contributed by atoms with Crippen molar-refractivity contribution in [3.05, 3.63) is 29.6 Å². The Morgan fingerprint density at radius 2 is 2.07 bits per heavy atom. The molecule has 0 atom stereocenters. The Kier molecular flexibility index (Phi) is 4.11. The van der Waals surface area contributed by atoms with Crippen molar-refractivity contribution in [1.29, 1.82) is 0 Å². The van der Waals surface area contributed by atoms with E-state index >= 15 is 0 Å². The topological polar surface area (TPSA) is 50.2 Å². The smallest absolute Gasteiger partial charge is 0.300 e. The van der Waals surface area contributed by atoms with E-state index in [0.717, 1.165) is 6.92 Å². The van der Waals surface area contributed by atoms with E-state index in [-0.39, 0.29) is 0 Å². The van der Waals surface area contributed by atoms with Crippen LogP contribution in [0.3, 0.4) is 0 Å². The zero-order valence-corrected chi connectivity index (χ0v) is 8.36. The van der Waals surface area contributed by atoms with Crippen LogP contribution in [0.1, 0.15) is 31.0 Å². The first-order valence-electron chi connectivity index (χ1n) is 4.82. The molecule has 0 saturated carbocycles. The number of rotatable bonds is 0. The van der Waals surface area contributed by atoms with Crippen LogP contribution in [-0.4, -0.2) is 16.1 Å². The Hall–Kier alpha value is -1.38. The third-order valence-corrected chi connectivity index (χ3v) is 2.09. The summed E-state index contributed by atoms with van der Waals surface area (Å²) < 4.78 is 0. The monoisotopic (exact) mass is 193 g/mol. The number of carboxylic acids is 1. The number of aliphatic carboxylic acids is 1. The quantitative estimate of drug-likeness (QED) is 0.686. The maximum absolute atomic E-state index is 9.00. The van der Waals surface area contributed by atoms with E-state index in [2.05, 4.69) is 11.1 Å². The molecule has 1 aromatic heterocycles. The summed E-state index contributed by atoms with van der Waals surface area (Å²) in [6.45, 7) is 1.08. The van der Waals surface area contributed by atoms with Crippen molar-refractivity contribution in [2.24, 2.45) is 0 Å². The largest absolute Gasteiger partial charge is 0.481 e. The van der Waals surface area contributed by atoms with Crippen molar-refractivity contribution in [1.82, 2.24) is 4.98 Å². The van der Waals surface area contributed by atoms with Gasteiger partial charge in [-0.05, 0) is 37.3 Å². The van der Waals surface area contributed by atoms with E-state index in [1.54, 1.807) is 0 Å². The Morgan fingerprint density at radius 1 is 1.43 bits per heavy atom. The first-order valence-corrected chi connectivity index (χ1v) is 4.82. The molecule has 0 aliphatic heterocycles. The van der Waals surface area contributed by atoms with Crippen molar-refractivity contribution in [3.63, 3.8) is 0 Å². The molecule has 2 rings (SSSR count). The third kappa shape index (κ3) is 3.56. The summed E-state index contributed by atoms with van der Waals surface area (Å²) in [7, 11) is 0. The second-order valence-electron chi connectivity index (χ2n) is 3.34. The van der Waals surface area contributed by atoms with E-state index in [1.165, 1.54) is 36.9 Å². The minimum absolute atomic E-state index is 0.833. The zero-order chi connectivity index (χ0) is 10.4. The van der Waals surface area contributed by atoms with Gasteiger partial charge in [-0.2, -0.15) is 0 Å². The van der Waals surface area contributed by atoms with E-state index < -0.39 is 5.97 Å². The predicted octanol–water partition coefficient (Wildman–Crippen LogP) is 2.05. The minimum Gasteiger partial charge on any atom is -0.481 e. The molecule has 1 aliphatic carbocycles. The maximum Gasteiger partial charge on any atom is 0.300 e. The van der Waals surface area contributed by atoms with Crippen LogP contribution in [0.15, 0.2) is 18.3 Å². The van der Waals surface area contributed by atoms with Gasteiger partial charge in [0.15, 0.2) is 0 Å². The average molecular weight is 193 g/mol. The summed E-state index contributed by atoms with van der Waals surface area (Å²) in [6.07, 6.45) is 6.99. The van der Waals surface area contributed by atoms with Crippen LogP contribution in [0, 0.1) is 0 Å². The molecule has 0 spiro atoms. The summed E-state index contributed by atoms with van der Waals surface area (Å²) >= 11 is 0. The average Bonchev–Trinajstić information content (AvgIpc) is 2.17. The fourth-order valence-corrected chi connectivity index (χ4v) is 1.53. The van der Waals surface area contributed by atoms with Gasteiger partial charge in [0.2, 0.25) is 0 Å². The lowest BCUT2D eigenvalue weighted by Crippen LogP contribution is -2.03. The van der Waals surface area contributed by atoms with Crippen molar-refractivity contribution in [2.75, 3.05) is 0 Å². The lowest BCUT2D eigenvalue weighted by atomic mass is 9.96. The summed E-state index contributed by atoms with van der Waals surface area (Å²) in [5.41, 5.74) is 2.79. The van der Waals surface area contributed by atoms with Crippen LogP contribution in [0.25, 0.3) is 0 Å². The number of hydrogen-bond donors (Lipinski definition) is 1. The summed E-state index contributed by atoms with van der Waals surface area (Å²) in [5, 5.41) is 7.42. The molecular formula is C11H15NO2. The summed E-state index contributed by atoms with van der Waals surface area (Å²) in [4.78, 5) is 13.3. The molecule has 3 nitrogen and oxygen atoms in total. The second-order valence-corrected chi connectivity index (χ2v) is 3.34. The fraction of sp³-hybridized carbons (Fsp3) is 0.455. The van der Waals surface area contributed by atoms with Crippen molar-refractivity contribution in [3.8, 4) is 0 Å². The third-order valence-electron chi connectivity index (χ3n) is 2.09. The molecule has 0 amide bonds. The zero-order valence-electron chi connectivity index (χ0n) is 8.36. The van der Waals surface area contributed by atoms with Gasteiger partial charge in [0.25, 0.3) is 5.97 Å². The van der Waals surface area contributed by atoms with Crippen LogP contribution in [0.5, 0.6) is 0 Å². The van der Waals surface area contributed by atoms with E-state index in [9.17, 15) is 0 Å². The Balaban J connectivity index is 0.000000213. The normalized spacial score (nSPS) is 13.5. The lowest BCUT2D eigenvalue weighted by Gasteiger charge is -2.12. The van der Waals surface area contributed by atoms with Crippen molar-refractivity contribution in [2.45, 2.75) is 32.6 Å². The molecule has 1 heterocycles. The Bertz CT molecular complexity index is 281. The number of aromatic nitrogens is 1. The van der Waals surface area contributed by atoms with Gasteiger partial charge in [0.1, 0.15) is 0 Å². The summed E-state index contributed by atoms with van der Waals surface area (Å²) in [6, 6.07) is 4.23. The summed E-state index contributed by atoms with van der Waals surface area (Å²) in [5.74, 6) is -0.833. The SMILES string of the molecule is CC(=O)O.c1cnc2c(c1)CCCC2. The molecule has 0 radical (unpaired) electrons. The number of carboxylic acid groups (broad SMARTS) is 1. The molecular weight excluding hydrogens is 178 g/mol. The standard InChI is InChI=1S/C9H11N.C2H4O2/c1-2-6-9-8(4-1)5-3-7-10-9;1-2(3)4/h3,5,7H,1-2,4,6H2;1H3,(H,3,4). The van der Waals surface area contributed by atoms with Gasteiger partial charge in [0.05, 0.1) is 0 Å². The highest BCUT2D eigenvalue weighted by Gasteiger charge is 2.07. The Labute approximate surface area is 83.8 Å². The van der Waals surface area contributed by atoms with Gasteiger partial charge in [-0.15, -0.1) is 0 Å². The first kappa shape index (κ1) is 10.7. The minimum atomic E-state index is -0.833. The molecule has 14 heavy (non-hydrogen) atoms. The highest BCUT2D eigenvalue weighted by Crippen LogP contribution is 2.17. The molecule has 0 aromatic carbocycles. The van der Waals surface area contributed by atoms with E-state index in [1.807, 2.05) is 12.3 Å². The van der Waals surface area contributed by atoms with Gasteiger partial charge in [0, 0.05) is 18.8 Å². The number of fused-ring (bicyclic) bond motifs is 1. The molecule has 0 unspecified atom stereocenters. The highest BCUT2D eigenvalue weighted by atomic mass is 16.4. The lowest BCUT2D eigenvalue weighted by molar-refractivity contribution is -0.134.